The fraction of sp³-hybridized carbons (Fsp3) is 0.750. The van der Waals surface area contributed by atoms with Crippen LogP contribution in [0.5, 0.6) is 0 Å². The van der Waals surface area contributed by atoms with Gasteiger partial charge in [0.25, 0.3) is 10.1 Å². The summed E-state index contributed by atoms with van der Waals surface area (Å²) in [4.78, 5) is 32.9. The van der Waals surface area contributed by atoms with Gasteiger partial charge in [0.15, 0.2) is 0 Å². The van der Waals surface area contributed by atoms with Gasteiger partial charge in [-0.15, -0.1) is 0 Å². The topological polar surface area (TPSA) is 156 Å². The molecule has 0 heterocycles. The van der Waals surface area contributed by atoms with E-state index in [4.69, 9.17) is 19.1 Å². The second-order valence-corrected chi connectivity index (χ2v) is 6.20. The molecule has 0 rings (SSSR count). The number of amides is 1. The molecule has 0 bridgehead atoms. The van der Waals surface area contributed by atoms with E-state index in [9.17, 15) is 22.8 Å². The highest BCUT2D eigenvalue weighted by Gasteiger charge is 2.14. The molecule has 0 radical (unpaired) electrons. The van der Waals surface area contributed by atoms with Gasteiger partial charge in [-0.1, -0.05) is 0 Å². The molecule has 0 aromatic heterocycles. The molecule has 23 heavy (non-hydrogen) atoms. The summed E-state index contributed by atoms with van der Waals surface area (Å²) in [6.07, 6.45) is -1.36. The van der Waals surface area contributed by atoms with Gasteiger partial charge in [-0.05, 0) is 19.3 Å². The molecule has 0 aromatic rings. The molecule has 0 aromatic carbocycles. The molecule has 3 N–H and O–H groups in total. The number of unbranched alkanes of at least 4 members (excludes halogenated alkanes) is 1. The van der Waals surface area contributed by atoms with Crippen molar-refractivity contribution in [2.45, 2.75) is 45.3 Å². The van der Waals surface area contributed by atoms with E-state index in [0.29, 0.717) is 12.8 Å². The number of ether oxygens (including phenoxy) is 2. The molecule has 0 aliphatic carbocycles. The summed E-state index contributed by atoms with van der Waals surface area (Å²) in [5.41, 5.74) is 0. The molecule has 1 amide bonds. The predicted octanol–water partition coefficient (Wildman–Crippen LogP) is 0.525. The van der Waals surface area contributed by atoms with Gasteiger partial charge in [0.1, 0.15) is 0 Å². The molecule has 10 nitrogen and oxygen atoms in total. The summed E-state index contributed by atoms with van der Waals surface area (Å²) in [5.74, 6) is -2.06. The number of carbonyl (C=O) groups excluding carboxylic acids is 2. The number of hydrogen-bond acceptors (Lipinski definition) is 7. The molecule has 0 fully saturated rings. The Balaban J connectivity index is 3.78. The number of carboxylic acids is 1. The number of hydrogen-bond donors (Lipinski definition) is 3. The maximum Gasteiger partial charge on any atom is 0.410 e. The number of rotatable bonds is 11. The van der Waals surface area contributed by atoms with Crippen LogP contribution in [0.2, 0.25) is 0 Å². The maximum absolute atomic E-state index is 11.4. The quantitative estimate of drug-likeness (QED) is 0.208. The Labute approximate surface area is 133 Å². The van der Waals surface area contributed by atoms with Crippen molar-refractivity contribution < 1.29 is 41.9 Å². The van der Waals surface area contributed by atoms with Crippen molar-refractivity contribution in [2.75, 3.05) is 12.3 Å². The normalized spacial score (nSPS) is 12.3. The van der Waals surface area contributed by atoms with Crippen LogP contribution in [0.15, 0.2) is 0 Å². The first kappa shape index (κ1) is 21.1. The van der Waals surface area contributed by atoms with Crippen molar-refractivity contribution in [2.24, 2.45) is 0 Å². The summed E-state index contributed by atoms with van der Waals surface area (Å²) in [7, 11) is -4.08. The monoisotopic (exact) mass is 355 g/mol. The smallest absolute Gasteiger partial charge is 0.410 e. The molecule has 1 atom stereocenters. The minimum absolute atomic E-state index is 0.00563. The van der Waals surface area contributed by atoms with Crippen molar-refractivity contribution in [1.29, 1.82) is 0 Å². The van der Waals surface area contributed by atoms with Crippen LogP contribution in [0.1, 0.15) is 39.0 Å². The lowest BCUT2D eigenvalue weighted by atomic mass is 10.2. The highest BCUT2D eigenvalue weighted by molar-refractivity contribution is 7.85. The van der Waals surface area contributed by atoms with Gasteiger partial charge in [-0.3, -0.25) is 14.1 Å². The Hall–Kier alpha value is -1.88. The fourth-order valence-corrected chi connectivity index (χ4v) is 1.96. The molecule has 0 spiro atoms. The molecule has 0 aliphatic heterocycles. The second-order valence-electron chi connectivity index (χ2n) is 4.63. The van der Waals surface area contributed by atoms with E-state index in [2.05, 4.69) is 5.32 Å². The van der Waals surface area contributed by atoms with Crippen LogP contribution in [-0.2, 0) is 29.2 Å². The Morgan fingerprint density at radius 2 is 1.70 bits per heavy atom. The Kier molecular flexibility index (Phi) is 9.90. The number of esters is 1. The molecule has 1 unspecified atom stereocenters. The summed E-state index contributed by atoms with van der Waals surface area (Å²) >= 11 is 0. The number of carbonyl (C=O) groups is 3. The van der Waals surface area contributed by atoms with Gasteiger partial charge < -0.3 is 19.9 Å². The zero-order valence-corrected chi connectivity index (χ0v) is 13.5. The van der Waals surface area contributed by atoms with Gasteiger partial charge in [0.2, 0.25) is 6.29 Å². The Morgan fingerprint density at radius 3 is 2.26 bits per heavy atom. The molecular formula is C12H21NO9S. The summed E-state index contributed by atoms with van der Waals surface area (Å²) in [5, 5.41) is 10.7. The molecular weight excluding hydrogens is 334 g/mol. The summed E-state index contributed by atoms with van der Waals surface area (Å²) in [6, 6.07) is 0. The van der Waals surface area contributed by atoms with Crippen molar-refractivity contribution in [3.05, 3.63) is 0 Å². The van der Waals surface area contributed by atoms with Gasteiger partial charge in [-0.2, -0.15) is 8.42 Å². The van der Waals surface area contributed by atoms with Gasteiger partial charge >= 0.3 is 18.0 Å². The van der Waals surface area contributed by atoms with Crippen molar-refractivity contribution >= 4 is 28.1 Å². The van der Waals surface area contributed by atoms with Gasteiger partial charge in [0.05, 0.1) is 5.75 Å². The van der Waals surface area contributed by atoms with Gasteiger partial charge in [-0.25, -0.2) is 4.79 Å². The summed E-state index contributed by atoms with van der Waals surface area (Å²) < 4.78 is 38.9. The average molecular weight is 355 g/mol. The molecule has 134 valence electrons. The predicted molar refractivity (Wildman–Crippen MR) is 77.2 cm³/mol. The third-order valence-corrected chi connectivity index (χ3v) is 3.24. The van der Waals surface area contributed by atoms with Crippen LogP contribution in [-0.4, -0.2) is 54.7 Å². The average Bonchev–Trinajstić information content (AvgIpc) is 2.38. The third-order valence-electron chi connectivity index (χ3n) is 2.44. The highest BCUT2D eigenvalue weighted by atomic mass is 32.2. The van der Waals surface area contributed by atoms with E-state index in [1.54, 1.807) is 0 Å². The first-order valence-electron chi connectivity index (χ1n) is 6.91. The second kappa shape index (κ2) is 10.8. The van der Waals surface area contributed by atoms with Crippen LogP contribution in [0.25, 0.3) is 0 Å². The van der Waals surface area contributed by atoms with E-state index in [0.717, 1.165) is 0 Å². The van der Waals surface area contributed by atoms with Gasteiger partial charge in [0, 0.05) is 26.3 Å². The molecule has 0 saturated heterocycles. The van der Waals surface area contributed by atoms with Crippen LogP contribution in [0, 0.1) is 0 Å². The maximum atomic E-state index is 11.4. The number of carboxylic acid groups (broad SMARTS) is 1. The van der Waals surface area contributed by atoms with Crippen LogP contribution in [0.3, 0.4) is 0 Å². The SMILES string of the molecule is CC(OC(=O)CCCCC(=O)O)OC(=O)NCCCS(=O)(=O)O. The highest BCUT2D eigenvalue weighted by Crippen LogP contribution is 2.04. The zero-order valence-electron chi connectivity index (χ0n) is 12.7. The first-order chi connectivity index (χ1) is 10.6. The molecule has 0 saturated carbocycles. The lowest BCUT2D eigenvalue weighted by molar-refractivity contribution is -0.165. The zero-order chi connectivity index (χ0) is 17.9. The number of alkyl carbamates (subject to hydrolysis) is 1. The number of nitrogens with one attached hydrogen (secondary N) is 1. The minimum Gasteiger partial charge on any atom is -0.481 e. The Morgan fingerprint density at radius 1 is 1.09 bits per heavy atom. The van der Waals surface area contributed by atoms with Crippen LogP contribution in [0.4, 0.5) is 4.79 Å². The third kappa shape index (κ3) is 14.8. The van der Waals surface area contributed by atoms with E-state index in [1.807, 2.05) is 0 Å². The molecule has 0 aliphatic rings. The van der Waals surface area contributed by atoms with Crippen LogP contribution >= 0.6 is 0 Å². The van der Waals surface area contributed by atoms with Crippen LogP contribution < -0.4 is 5.32 Å². The molecule has 11 heteroatoms. The van der Waals surface area contributed by atoms with E-state index in [-0.39, 0.29) is 25.8 Å². The number of aliphatic carboxylic acids is 1. The van der Waals surface area contributed by atoms with Crippen molar-refractivity contribution in [3.63, 3.8) is 0 Å². The minimum atomic E-state index is -4.08. The fourth-order valence-electron chi connectivity index (χ4n) is 1.45. The van der Waals surface area contributed by atoms with E-state index < -0.39 is 40.2 Å². The standard InChI is InChI=1S/C12H21NO9S/c1-9(21-11(16)6-3-2-5-10(14)15)22-12(17)13-7-4-8-23(18,19)20/h9H,2-8H2,1H3,(H,13,17)(H,14,15)(H,18,19,20). The largest absolute Gasteiger partial charge is 0.481 e. The lowest BCUT2D eigenvalue weighted by Gasteiger charge is -2.14. The van der Waals surface area contributed by atoms with E-state index in [1.165, 1.54) is 6.92 Å². The summed E-state index contributed by atoms with van der Waals surface area (Å²) in [6.45, 7) is 1.29. The van der Waals surface area contributed by atoms with Crippen molar-refractivity contribution in [1.82, 2.24) is 5.32 Å². The van der Waals surface area contributed by atoms with Crippen molar-refractivity contribution in [3.8, 4) is 0 Å². The first-order valence-corrected chi connectivity index (χ1v) is 8.52. The van der Waals surface area contributed by atoms with E-state index >= 15 is 0 Å². The lowest BCUT2D eigenvalue weighted by Crippen LogP contribution is -2.31. The Bertz CT molecular complexity index is 503.